The highest BCUT2D eigenvalue weighted by molar-refractivity contribution is 5.88. The van der Waals surface area contributed by atoms with Crippen molar-refractivity contribution in [3.63, 3.8) is 0 Å². The molecule has 98 valence electrons. The molecular formula is C13H10FNO4. The standard InChI is InChI=1S/C13H10FNO4/c1-19-8-2-3-11(14)9(5-8)7-4-10(13(17)18)12(16)15-6-7/h2-6H,1H3,(H,15,16)(H,17,18). The molecule has 5 nitrogen and oxygen atoms in total. The van der Waals surface area contributed by atoms with Gasteiger partial charge in [-0.1, -0.05) is 0 Å². The topological polar surface area (TPSA) is 79.4 Å². The SMILES string of the molecule is COc1ccc(F)c(-c2c[nH]c(=O)c(C(=O)O)c2)c1. The Bertz CT molecular complexity index is 693. The van der Waals surface area contributed by atoms with Crippen LogP contribution in [0.15, 0.2) is 35.3 Å². The van der Waals surface area contributed by atoms with Crippen LogP contribution in [-0.4, -0.2) is 23.2 Å². The van der Waals surface area contributed by atoms with Crippen LogP contribution in [0.3, 0.4) is 0 Å². The summed E-state index contributed by atoms with van der Waals surface area (Å²) in [6.07, 6.45) is 1.26. The molecule has 1 heterocycles. The van der Waals surface area contributed by atoms with Crippen LogP contribution >= 0.6 is 0 Å². The van der Waals surface area contributed by atoms with E-state index >= 15 is 0 Å². The number of methoxy groups -OCH3 is 1. The van der Waals surface area contributed by atoms with Crippen molar-refractivity contribution in [2.45, 2.75) is 0 Å². The summed E-state index contributed by atoms with van der Waals surface area (Å²) in [6.45, 7) is 0. The predicted octanol–water partition coefficient (Wildman–Crippen LogP) is 1.89. The molecule has 2 aromatic rings. The molecule has 1 aromatic heterocycles. The zero-order valence-electron chi connectivity index (χ0n) is 9.94. The second kappa shape index (κ2) is 4.93. The normalized spacial score (nSPS) is 10.2. The number of halogens is 1. The van der Waals surface area contributed by atoms with E-state index in [-0.39, 0.29) is 11.1 Å². The summed E-state index contributed by atoms with van der Waals surface area (Å²) in [5, 5.41) is 8.87. The number of nitrogens with one attached hydrogen (secondary N) is 1. The van der Waals surface area contributed by atoms with Crippen LogP contribution in [0.4, 0.5) is 4.39 Å². The highest BCUT2D eigenvalue weighted by atomic mass is 19.1. The van der Waals surface area contributed by atoms with Gasteiger partial charge in [-0.05, 0) is 24.3 Å². The Kier molecular flexibility index (Phi) is 3.33. The molecule has 0 amide bonds. The monoisotopic (exact) mass is 263 g/mol. The number of carboxylic acid groups (broad SMARTS) is 1. The summed E-state index contributed by atoms with van der Waals surface area (Å²) in [5.41, 5.74) is -0.772. The zero-order valence-corrected chi connectivity index (χ0v) is 9.94. The van der Waals surface area contributed by atoms with Crippen molar-refractivity contribution in [1.29, 1.82) is 0 Å². The molecule has 6 heteroatoms. The molecule has 0 saturated heterocycles. The Balaban J connectivity index is 2.62. The lowest BCUT2D eigenvalue weighted by atomic mass is 10.0. The molecule has 0 bridgehead atoms. The van der Waals surface area contributed by atoms with Crippen molar-refractivity contribution in [3.05, 3.63) is 52.2 Å². The van der Waals surface area contributed by atoms with Crippen molar-refractivity contribution >= 4 is 5.97 Å². The van der Waals surface area contributed by atoms with Crippen molar-refractivity contribution in [1.82, 2.24) is 4.98 Å². The summed E-state index contributed by atoms with van der Waals surface area (Å²) < 4.78 is 18.7. The van der Waals surface area contributed by atoms with Gasteiger partial charge in [-0.3, -0.25) is 4.79 Å². The Morgan fingerprint density at radius 3 is 2.74 bits per heavy atom. The third kappa shape index (κ3) is 2.47. The van der Waals surface area contributed by atoms with Crippen molar-refractivity contribution in [2.24, 2.45) is 0 Å². The second-order valence-electron chi connectivity index (χ2n) is 3.78. The van der Waals surface area contributed by atoms with E-state index in [1.54, 1.807) is 0 Å². The first kappa shape index (κ1) is 12.8. The lowest BCUT2D eigenvalue weighted by Crippen LogP contribution is -2.16. The van der Waals surface area contributed by atoms with Crippen LogP contribution in [0.2, 0.25) is 0 Å². The van der Waals surface area contributed by atoms with Gasteiger partial charge in [0.1, 0.15) is 17.1 Å². The lowest BCUT2D eigenvalue weighted by Gasteiger charge is -2.06. The molecule has 0 spiro atoms. The minimum atomic E-state index is -1.37. The first-order valence-electron chi connectivity index (χ1n) is 5.33. The molecule has 0 unspecified atom stereocenters. The number of ether oxygens (including phenoxy) is 1. The van der Waals surface area contributed by atoms with Gasteiger partial charge in [0.05, 0.1) is 7.11 Å². The molecule has 2 N–H and O–H groups in total. The van der Waals surface area contributed by atoms with Crippen LogP contribution < -0.4 is 10.3 Å². The number of hydrogen-bond donors (Lipinski definition) is 2. The van der Waals surface area contributed by atoms with Crippen molar-refractivity contribution < 1.29 is 19.0 Å². The number of aromatic nitrogens is 1. The Labute approximate surface area is 107 Å². The first-order chi connectivity index (χ1) is 9.02. The minimum Gasteiger partial charge on any atom is -0.497 e. The smallest absolute Gasteiger partial charge is 0.341 e. The van der Waals surface area contributed by atoms with Crippen LogP contribution in [0.5, 0.6) is 5.75 Å². The minimum absolute atomic E-state index is 0.151. The van der Waals surface area contributed by atoms with E-state index in [2.05, 4.69) is 4.98 Å². The van der Waals surface area contributed by atoms with E-state index < -0.39 is 22.9 Å². The maximum absolute atomic E-state index is 13.7. The molecule has 0 radical (unpaired) electrons. The third-order valence-electron chi connectivity index (χ3n) is 2.62. The second-order valence-corrected chi connectivity index (χ2v) is 3.78. The number of hydrogen-bond acceptors (Lipinski definition) is 3. The zero-order chi connectivity index (χ0) is 14.0. The van der Waals surface area contributed by atoms with Gasteiger partial charge in [-0.15, -0.1) is 0 Å². The van der Waals surface area contributed by atoms with Gasteiger partial charge in [-0.25, -0.2) is 9.18 Å². The number of aromatic carboxylic acids is 1. The summed E-state index contributed by atoms with van der Waals surface area (Å²) in [6, 6.07) is 5.20. The van der Waals surface area contributed by atoms with Gasteiger partial charge in [-0.2, -0.15) is 0 Å². The van der Waals surface area contributed by atoms with Gasteiger partial charge in [0.25, 0.3) is 5.56 Å². The van der Waals surface area contributed by atoms with E-state index in [9.17, 15) is 14.0 Å². The largest absolute Gasteiger partial charge is 0.497 e. The fraction of sp³-hybridized carbons (Fsp3) is 0.0769. The van der Waals surface area contributed by atoms with Crippen LogP contribution in [-0.2, 0) is 0 Å². The molecule has 1 aromatic carbocycles. The molecule has 2 rings (SSSR count). The maximum atomic E-state index is 13.7. The van der Waals surface area contributed by atoms with Gasteiger partial charge in [0, 0.05) is 17.3 Å². The highest BCUT2D eigenvalue weighted by Crippen LogP contribution is 2.26. The van der Waals surface area contributed by atoms with Crippen molar-refractivity contribution in [2.75, 3.05) is 7.11 Å². The molecule has 0 aliphatic rings. The summed E-state index contributed by atoms with van der Waals surface area (Å²) >= 11 is 0. The molecule has 0 saturated carbocycles. The van der Waals surface area contributed by atoms with Gasteiger partial charge < -0.3 is 14.8 Å². The van der Waals surface area contributed by atoms with E-state index in [0.717, 1.165) is 6.07 Å². The van der Waals surface area contributed by atoms with Gasteiger partial charge >= 0.3 is 5.97 Å². The molecule has 0 fully saturated rings. The van der Waals surface area contributed by atoms with Crippen LogP contribution in [0.1, 0.15) is 10.4 Å². The fourth-order valence-electron chi connectivity index (χ4n) is 1.65. The Morgan fingerprint density at radius 2 is 2.11 bits per heavy atom. The van der Waals surface area contributed by atoms with Gasteiger partial charge in [0.2, 0.25) is 0 Å². The maximum Gasteiger partial charge on any atom is 0.341 e. The number of rotatable bonds is 3. The lowest BCUT2D eigenvalue weighted by molar-refractivity contribution is 0.0695. The average Bonchev–Trinajstić information content (AvgIpc) is 2.40. The Hall–Kier alpha value is -2.63. The number of carboxylic acids is 1. The molecule has 19 heavy (non-hydrogen) atoms. The highest BCUT2D eigenvalue weighted by Gasteiger charge is 2.13. The Morgan fingerprint density at radius 1 is 1.37 bits per heavy atom. The van der Waals surface area contributed by atoms with E-state index in [0.29, 0.717) is 5.75 Å². The molecular weight excluding hydrogens is 253 g/mol. The number of benzene rings is 1. The number of carbonyl (C=O) groups is 1. The van der Waals surface area contributed by atoms with E-state index in [4.69, 9.17) is 9.84 Å². The summed E-state index contributed by atoms with van der Waals surface area (Å²) in [5.74, 6) is -1.48. The number of pyridine rings is 1. The number of aromatic amines is 1. The summed E-state index contributed by atoms with van der Waals surface area (Å²) in [4.78, 5) is 24.4. The average molecular weight is 263 g/mol. The van der Waals surface area contributed by atoms with Crippen molar-refractivity contribution in [3.8, 4) is 16.9 Å². The van der Waals surface area contributed by atoms with Crippen LogP contribution in [0.25, 0.3) is 11.1 Å². The van der Waals surface area contributed by atoms with E-state index in [1.807, 2.05) is 0 Å². The predicted molar refractivity (Wildman–Crippen MR) is 66.0 cm³/mol. The molecule has 0 atom stereocenters. The fourth-order valence-corrected chi connectivity index (χ4v) is 1.65. The molecule has 0 aliphatic heterocycles. The van der Waals surface area contributed by atoms with Crippen LogP contribution in [0, 0.1) is 5.82 Å². The summed E-state index contributed by atoms with van der Waals surface area (Å²) in [7, 11) is 1.44. The number of H-pyrrole nitrogens is 1. The van der Waals surface area contributed by atoms with Gasteiger partial charge in [0.15, 0.2) is 0 Å². The molecule has 0 aliphatic carbocycles. The quantitative estimate of drug-likeness (QED) is 0.886. The first-order valence-corrected chi connectivity index (χ1v) is 5.33. The van der Waals surface area contributed by atoms with E-state index in [1.165, 1.54) is 31.5 Å². The third-order valence-corrected chi connectivity index (χ3v) is 2.62.